The van der Waals surface area contributed by atoms with Gasteiger partial charge in [0.05, 0.1) is 17.3 Å². The minimum atomic E-state index is -0.252. The predicted molar refractivity (Wildman–Crippen MR) is 66.4 cm³/mol. The van der Waals surface area contributed by atoms with Gasteiger partial charge < -0.3 is 9.64 Å². The molecule has 0 saturated heterocycles. The molecule has 0 aliphatic rings. The third-order valence-corrected chi connectivity index (χ3v) is 2.82. The van der Waals surface area contributed by atoms with Crippen molar-refractivity contribution >= 4 is 27.6 Å². The molecule has 0 aliphatic carbocycles. The number of esters is 1. The van der Waals surface area contributed by atoms with Gasteiger partial charge in [0.2, 0.25) is 0 Å². The molecule has 0 bridgehead atoms. The van der Waals surface area contributed by atoms with Crippen molar-refractivity contribution in [1.29, 1.82) is 0 Å². The Kier molecular flexibility index (Phi) is 4.73. The number of nitrogens with zero attached hydrogens (tertiary/aromatic N) is 2. The Morgan fingerprint density at radius 1 is 1.62 bits per heavy atom. The van der Waals surface area contributed by atoms with Crippen molar-refractivity contribution in [3.05, 3.63) is 22.9 Å². The summed E-state index contributed by atoms with van der Waals surface area (Å²) >= 11 is 3.42. The summed E-state index contributed by atoms with van der Waals surface area (Å²) in [5.74, 6) is -0.252. The van der Waals surface area contributed by atoms with E-state index in [1.807, 2.05) is 24.8 Å². The van der Waals surface area contributed by atoms with E-state index in [0.717, 1.165) is 10.2 Å². The van der Waals surface area contributed by atoms with Crippen molar-refractivity contribution in [3.63, 3.8) is 0 Å². The number of hydrogen-bond donors (Lipinski definition) is 0. The Balaban J connectivity index is 2.94. The second-order valence-electron chi connectivity index (χ2n) is 3.62. The fourth-order valence-electron chi connectivity index (χ4n) is 1.35. The van der Waals surface area contributed by atoms with Gasteiger partial charge in [0.1, 0.15) is 6.54 Å². The summed E-state index contributed by atoms with van der Waals surface area (Å²) in [6, 6.07) is 2.07. The summed E-state index contributed by atoms with van der Waals surface area (Å²) in [5.41, 5.74) is 0.940. The van der Waals surface area contributed by atoms with Crippen molar-refractivity contribution in [2.24, 2.45) is 0 Å². The van der Waals surface area contributed by atoms with Gasteiger partial charge in [-0.1, -0.05) is 0 Å². The van der Waals surface area contributed by atoms with Crippen LogP contribution in [0.25, 0.3) is 0 Å². The van der Waals surface area contributed by atoms with E-state index in [2.05, 4.69) is 25.7 Å². The first-order valence-corrected chi connectivity index (χ1v) is 5.78. The molecule has 0 aliphatic heterocycles. The smallest absolute Gasteiger partial charge is 0.325 e. The maximum Gasteiger partial charge on any atom is 0.325 e. The first kappa shape index (κ1) is 13.0. The fourth-order valence-corrected chi connectivity index (χ4v) is 1.83. The number of halogens is 1. The number of rotatable bonds is 4. The van der Waals surface area contributed by atoms with E-state index in [1.54, 1.807) is 12.4 Å². The first-order chi connectivity index (χ1) is 7.56. The van der Waals surface area contributed by atoms with E-state index in [1.165, 1.54) is 7.11 Å². The number of carbonyl (C=O) groups excluding carboxylic acids is 1. The minimum absolute atomic E-state index is 0.206. The Labute approximate surface area is 104 Å². The van der Waals surface area contributed by atoms with Gasteiger partial charge >= 0.3 is 5.97 Å². The summed E-state index contributed by atoms with van der Waals surface area (Å²) in [5, 5.41) is 0. The fraction of sp³-hybridized carbons (Fsp3) is 0.455. The quantitative estimate of drug-likeness (QED) is 0.796. The maximum absolute atomic E-state index is 11.3. The van der Waals surface area contributed by atoms with Gasteiger partial charge in [-0.15, -0.1) is 0 Å². The van der Waals surface area contributed by atoms with Crippen LogP contribution in [0.15, 0.2) is 22.9 Å². The van der Waals surface area contributed by atoms with Crippen molar-refractivity contribution in [2.45, 2.75) is 19.9 Å². The van der Waals surface area contributed by atoms with Gasteiger partial charge in [-0.05, 0) is 35.8 Å². The molecule has 0 spiro atoms. The van der Waals surface area contributed by atoms with E-state index in [4.69, 9.17) is 0 Å². The first-order valence-electron chi connectivity index (χ1n) is 4.99. The topological polar surface area (TPSA) is 42.4 Å². The molecular formula is C11H15BrN2O2. The van der Waals surface area contributed by atoms with Crippen LogP contribution < -0.4 is 4.90 Å². The van der Waals surface area contributed by atoms with Crippen LogP contribution in [-0.2, 0) is 9.53 Å². The summed E-state index contributed by atoms with van der Waals surface area (Å²) < 4.78 is 5.55. The molecule has 5 heteroatoms. The lowest BCUT2D eigenvalue weighted by Crippen LogP contribution is -2.36. The van der Waals surface area contributed by atoms with E-state index in [-0.39, 0.29) is 18.6 Å². The van der Waals surface area contributed by atoms with Crippen molar-refractivity contribution in [3.8, 4) is 0 Å². The Bertz CT molecular complexity index is 369. The average molecular weight is 287 g/mol. The molecule has 0 N–H and O–H groups in total. The number of carbonyl (C=O) groups is 1. The number of anilines is 1. The Morgan fingerprint density at radius 2 is 2.31 bits per heavy atom. The molecule has 0 saturated carbocycles. The van der Waals surface area contributed by atoms with Gasteiger partial charge in [0, 0.05) is 18.4 Å². The molecule has 0 aromatic carbocycles. The van der Waals surface area contributed by atoms with Crippen molar-refractivity contribution < 1.29 is 9.53 Å². The highest BCUT2D eigenvalue weighted by Gasteiger charge is 2.17. The lowest BCUT2D eigenvalue weighted by atomic mass is 10.2. The predicted octanol–water partition coefficient (Wildman–Crippen LogP) is 2.23. The summed E-state index contributed by atoms with van der Waals surface area (Å²) in [4.78, 5) is 17.3. The van der Waals surface area contributed by atoms with Gasteiger partial charge in [-0.2, -0.15) is 0 Å². The lowest BCUT2D eigenvalue weighted by molar-refractivity contribution is -0.139. The van der Waals surface area contributed by atoms with Gasteiger partial charge in [-0.25, -0.2) is 0 Å². The van der Waals surface area contributed by atoms with Crippen LogP contribution in [0.3, 0.4) is 0 Å². The second kappa shape index (κ2) is 5.84. The number of aromatic nitrogens is 1. The molecular weight excluding hydrogens is 272 g/mol. The molecule has 16 heavy (non-hydrogen) atoms. The SMILES string of the molecule is COC(=O)CN(c1ccncc1Br)C(C)C. The molecule has 88 valence electrons. The van der Waals surface area contributed by atoms with Gasteiger partial charge in [0.15, 0.2) is 0 Å². The Hall–Kier alpha value is -1.10. The molecule has 1 heterocycles. The van der Waals surface area contributed by atoms with Crippen LogP contribution in [0.2, 0.25) is 0 Å². The highest BCUT2D eigenvalue weighted by atomic mass is 79.9. The van der Waals surface area contributed by atoms with Gasteiger partial charge in [-0.3, -0.25) is 9.78 Å². The molecule has 4 nitrogen and oxygen atoms in total. The molecule has 0 fully saturated rings. The second-order valence-corrected chi connectivity index (χ2v) is 4.48. The van der Waals surface area contributed by atoms with E-state index < -0.39 is 0 Å². The number of ether oxygens (including phenoxy) is 1. The van der Waals surface area contributed by atoms with Crippen LogP contribution in [0, 0.1) is 0 Å². The third-order valence-electron chi connectivity index (χ3n) is 2.21. The zero-order chi connectivity index (χ0) is 12.1. The summed E-state index contributed by atoms with van der Waals surface area (Å²) in [6.07, 6.45) is 3.41. The van der Waals surface area contributed by atoms with E-state index >= 15 is 0 Å². The number of pyridine rings is 1. The van der Waals surface area contributed by atoms with Crippen LogP contribution in [-0.4, -0.2) is 30.6 Å². The average Bonchev–Trinajstić information content (AvgIpc) is 2.26. The summed E-state index contributed by atoms with van der Waals surface area (Å²) in [6.45, 7) is 4.28. The molecule has 0 amide bonds. The standard InChI is InChI=1S/C11H15BrN2O2/c1-8(2)14(7-11(15)16-3)10-4-5-13-6-9(10)12/h4-6,8H,7H2,1-3H3. The van der Waals surface area contributed by atoms with E-state index in [0.29, 0.717) is 0 Å². The van der Waals surface area contributed by atoms with Crippen molar-refractivity contribution in [1.82, 2.24) is 4.98 Å². The highest BCUT2D eigenvalue weighted by Crippen LogP contribution is 2.26. The largest absolute Gasteiger partial charge is 0.468 e. The monoisotopic (exact) mass is 286 g/mol. The zero-order valence-corrected chi connectivity index (χ0v) is 11.2. The van der Waals surface area contributed by atoms with E-state index in [9.17, 15) is 4.79 Å². The molecule has 1 rings (SSSR count). The summed E-state index contributed by atoms with van der Waals surface area (Å²) in [7, 11) is 1.39. The normalized spacial score (nSPS) is 10.3. The van der Waals surface area contributed by atoms with Crippen LogP contribution in [0.1, 0.15) is 13.8 Å². The Morgan fingerprint density at radius 3 is 2.81 bits per heavy atom. The van der Waals surface area contributed by atoms with Crippen LogP contribution in [0.5, 0.6) is 0 Å². The third kappa shape index (κ3) is 3.20. The number of methoxy groups -OCH3 is 1. The molecule has 0 radical (unpaired) electrons. The maximum atomic E-state index is 11.3. The lowest BCUT2D eigenvalue weighted by Gasteiger charge is -2.28. The number of hydrogen-bond acceptors (Lipinski definition) is 4. The van der Waals surface area contributed by atoms with Gasteiger partial charge in [0.25, 0.3) is 0 Å². The van der Waals surface area contributed by atoms with Crippen LogP contribution >= 0.6 is 15.9 Å². The highest BCUT2D eigenvalue weighted by molar-refractivity contribution is 9.10. The minimum Gasteiger partial charge on any atom is -0.468 e. The van der Waals surface area contributed by atoms with Crippen LogP contribution in [0.4, 0.5) is 5.69 Å². The molecule has 0 atom stereocenters. The zero-order valence-electron chi connectivity index (χ0n) is 9.61. The molecule has 1 aromatic rings. The molecule has 0 unspecified atom stereocenters. The van der Waals surface area contributed by atoms with Crippen molar-refractivity contribution in [2.75, 3.05) is 18.6 Å². The molecule has 1 aromatic heterocycles.